The van der Waals surface area contributed by atoms with E-state index in [0.717, 1.165) is 11.1 Å². The highest BCUT2D eigenvalue weighted by Crippen LogP contribution is 2.39. The number of rotatable bonds is 2. The first-order valence-corrected chi connectivity index (χ1v) is 8.66. The summed E-state index contributed by atoms with van der Waals surface area (Å²) in [4.78, 5) is 0. The maximum absolute atomic E-state index is 6.12. The van der Waals surface area contributed by atoms with Gasteiger partial charge in [-0.25, -0.2) is 0 Å². The van der Waals surface area contributed by atoms with Gasteiger partial charge in [0.25, 0.3) is 0 Å². The topological polar surface area (TPSA) is 18.5 Å². The molecule has 1 fully saturated rings. The molecule has 0 bridgehead atoms. The van der Waals surface area contributed by atoms with E-state index in [0.29, 0.717) is 29.2 Å². The first-order chi connectivity index (χ1) is 11.1. The molecule has 1 saturated heterocycles. The van der Waals surface area contributed by atoms with Crippen LogP contribution in [0.15, 0.2) is 48.5 Å². The van der Waals surface area contributed by atoms with Gasteiger partial charge in [-0.15, -0.1) is 0 Å². The van der Waals surface area contributed by atoms with Crippen LogP contribution in [0.25, 0.3) is 0 Å². The van der Waals surface area contributed by atoms with E-state index in [1.165, 1.54) is 0 Å². The highest BCUT2D eigenvalue weighted by Gasteiger charge is 2.40. The molecule has 0 unspecified atom stereocenters. The molecule has 0 N–H and O–H groups in total. The Kier molecular flexibility index (Phi) is 6.49. The van der Waals surface area contributed by atoms with Gasteiger partial charge in [0.2, 0.25) is 5.79 Å². The molecule has 0 aromatic heterocycles. The maximum Gasteiger partial charge on any atom is 0.222 e. The van der Waals surface area contributed by atoms with Gasteiger partial charge in [-0.3, -0.25) is 0 Å². The lowest BCUT2D eigenvalue weighted by molar-refractivity contribution is -0.265. The highest BCUT2D eigenvalue weighted by atomic mass is 35.5. The van der Waals surface area contributed by atoms with Gasteiger partial charge >= 0.3 is 0 Å². The third kappa shape index (κ3) is 4.07. The Labute approximate surface area is 148 Å². The van der Waals surface area contributed by atoms with Gasteiger partial charge in [-0.05, 0) is 24.3 Å². The van der Waals surface area contributed by atoms with Crippen LogP contribution in [0.2, 0.25) is 10.0 Å². The third-order valence-corrected chi connectivity index (χ3v) is 4.09. The van der Waals surface area contributed by atoms with Gasteiger partial charge < -0.3 is 9.47 Å². The molecule has 0 amide bonds. The fourth-order valence-electron chi connectivity index (χ4n) is 2.45. The summed E-state index contributed by atoms with van der Waals surface area (Å²) in [6, 6.07) is 15.1. The fraction of sp³-hybridized carbons (Fsp3) is 0.368. The second-order valence-corrected chi connectivity index (χ2v) is 6.23. The molecule has 0 spiro atoms. The van der Waals surface area contributed by atoms with Crippen LogP contribution in [0, 0.1) is 5.92 Å². The lowest BCUT2D eigenvalue weighted by Gasteiger charge is -2.40. The van der Waals surface area contributed by atoms with Crippen LogP contribution in [0.4, 0.5) is 0 Å². The highest BCUT2D eigenvalue weighted by molar-refractivity contribution is 6.30. The zero-order valence-corrected chi connectivity index (χ0v) is 15.2. The van der Waals surface area contributed by atoms with Gasteiger partial charge in [0.15, 0.2) is 0 Å². The Morgan fingerprint density at radius 2 is 1.13 bits per heavy atom. The molecule has 2 aromatic carbocycles. The van der Waals surface area contributed by atoms with Gasteiger partial charge in [0.05, 0.1) is 13.2 Å². The molecule has 1 heterocycles. The summed E-state index contributed by atoms with van der Waals surface area (Å²) in [5.41, 5.74) is 1.86. The van der Waals surface area contributed by atoms with Crippen molar-refractivity contribution in [2.45, 2.75) is 26.6 Å². The average Bonchev–Trinajstić information content (AvgIpc) is 2.59. The molecular formula is C19H22Cl2O2. The zero-order chi connectivity index (χ0) is 16.9. The van der Waals surface area contributed by atoms with Crippen molar-refractivity contribution in [3.05, 3.63) is 69.7 Å². The molecule has 4 heteroatoms. The van der Waals surface area contributed by atoms with Crippen molar-refractivity contribution in [2.24, 2.45) is 5.92 Å². The van der Waals surface area contributed by atoms with Crippen LogP contribution in [0.3, 0.4) is 0 Å². The monoisotopic (exact) mass is 352 g/mol. The normalized spacial score (nSPS) is 17.3. The van der Waals surface area contributed by atoms with Crippen LogP contribution in [-0.4, -0.2) is 13.2 Å². The number of ether oxygens (including phenoxy) is 2. The van der Waals surface area contributed by atoms with E-state index < -0.39 is 5.79 Å². The Bertz CT molecular complexity index is 553. The summed E-state index contributed by atoms with van der Waals surface area (Å²) >= 11 is 12.0. The van der Waals surface area contributed by atoms with Crippen LogP contribution < -0.4 is 0 Å². The molecule has 2 aromatic rings. The van der Waals surface area contributed by atoms with Crippen molar-refractivity contribution >= 4 is 23.2 Å². The minimum Gasteiger partial charge on any atom is -0.342 e. The predicted molar refractivity (Wildman–Crippen MR) is 96.1 cm³/mol. The molecule has 0 aliphatic carbocycles. The largest absolute Gasteiger partial charge is 0.342 e. The molecule has 1 aliphatic heterocycles. The second kappa shape index (κ2) is 8.16. The van der Waals surface area contributed by atoms with E-state index in [-0.39, 0.29) is 0 Å². The molecule has 124 valence electrons. The Morgan fingerprint density at radius 1 is 0.783 bits per heavy atom. The molecular weight excluding hydrogens is 331 g/mol. The Morgan fingerprint density at radius 3 is 1.48 bits per heavy atom. The lowest BCUT2D eigenvalue weighted by atomic mass is 9.95. The first kappa shape index (κ1) is 18.3. The van der Waals surface area contributed by atoms with Crippen molar-refractivity contribution in [1.29, 1.82) is 0 Å². The summed E-state index contributed by atoms with van der Waals surface area (Å²) in [5, 5.41) is 1.38. The molecule has 1 aliphatic rings. The summed E-state index contributed by atoms with van der Waals surface area (Å²) in [7, 11) is 0. The molecule has 0 saturated carbocycles. The van der Waals surface area contributed by atoms with Gasteiger partial charge in [-0.1, -0.05) is 68.2 Å². The fourth-order valence-corrected chi connectivity index (χ4v) is 2.70. The molecule has 23 heavy (non-hydrogen) atoms. The van der Waals surface area contributed by atoms with Gasteiger partial charge in [0.1, 0.15) is 0 Å². The molecule has 0 atom stereocenters. The van der Waals surface area contributed by atoms with Crippen molar-refractivity contribution in [2.75, 3.05) is 13.2 Å². The SMILES string of the molecule is CC.CC1COC(c2ccc(Cl)cc2)(c2ccc(Cl)cc2)OC1. The average molecular weight is 353 g/mol. The summed E-state index contributed by atoms with van der Waals surface area (Å²) in [5.74, 6) is -0.514. The number of halogens is 2. The van der Waals surface area contributed by atoms with Crippen LogP contribution in [0.5, 0.6) is 0 Å². The van der Waals surface area contributed by atoms with Crippen molar-refractivity contribution < 1.29 is 9.47 Å². The van der Waals surface area contributed by atoms with Crippen LogP contribution in [0.1, 0.15) is 31.9 Å². The Balaban J connectivity index is 0.000000924. The summed E-state index contributed by atoms with van der Waals surface area (Å²) in [6.07, 6.45) is 0. The van der Waals surface area contributed by atoms with E-state index >= 15 is 0 Å². The van der Waals surface area contributed by atoms with Crippen molar-refractivity contribution in [3.8, 4) is 0 Å². The van der Waals surface area contributed by atoms with Crippen LogP contribution >= 0.6 is 23.2 Å². The molecule has 2 nitrogen and oxygen atoms in total. The summed E-state index contributed by atoms with van der Waals surface area (Å²) < 4.78 is 12.2. The molecule has 3 rings (SSSR count). The Hall–Kier alpha value is -1.06. The first-order valence-electron chi connectivity index (χ1n) is 7.90. The second-order valence-electron chi connectivity index (χ2n) is 5.36. The van der Waals surface area contributed by atoms with E-state index in [1.54, 1.807) is 0 Å². The van der Waals surface area contributed by atoms with Gasteiger partial charge in [0, 0.05) is 27.1 Å². The number of benzene rings is 2. The molecule has 0 radical (unpaired) electrons. The number of hydrogen-bond acceptors (Lipinski definition) is 2. The van der Waals surface area contributed by atoms with E-state index in [2.05, 4.69) is 6.92 Å². The van der Waals surface area contributed by atoms with Crippen molar-refractivity contribution in [3.63, 3.8) is 0 Å². The minimum atomic E-state index is -0.887. The van der Waals surface area contributed by atoms with Crippen molar-refractivity contribution in [1.82, 2.24) is 0 Å². The smallest absolute Gasteiger partial charge is 0.222 e. The lowest BCUT2D eigenvalue weighted by Crippen LogP contribution is -2.42. The van der Waals surface area contributed by atoms with Crippen LogP contribution in [-0.2, 0) is 15.3 Å². The van der Waals surface area contributed by atoms with E-state index in [1.807, 2.05) is 62.4 Å². The maximum atomic E-state index is 6.12. The number of hydrogen-bond donors (Lipinski definition) is 0. The zero-order valence-electron chi connectivity index (χ0n) is 13.7. The third-order valence-electron chi connectivity index (χ3n) is 3.59. The van der Waals surface area contributed by atoms with Gasteiger partial charge in [-0.2, -0.15) is 0 Å². The van der Waals surface area contributed by atoms with E-state index in [4.69, 9.17) is 32.7 Å². The summed E-state index contributed by atoms with van der Waals surface area (Å²) in [6.45, 7) is 7.39. The standard InChI is InChI=1S/C17H16Cl2O2.C2H6/c1-12-10-20-17(21-11-12,13-2-6-15(18)7-3-13)14-4-8-16(19)9-5-14;1-2/h2-9,12H,10-11H2,1H3;1-2H3. The minimum absolute atomic E-state index is 0.373. The van der Waals surface area contributed by atoms with E-state index in [9.17, 15) is 0 Å². The quantitative estimate of drug-likeness (QED) is 0.669. The predicted octanol–water partition coefficient (Wildman–Crippen LogP) is 5.90.